The SMILES string of the molecule is CNc1cc(N(C)C(C)Cc2cccs2)nc(C2CC2)n1. The summed E-state index contributed by atoms with van der Waals surface area (Å²) in [7, 11) is 4.04. The molecule has 0 saturated heterocycles. The Morgan fingerprint density at radius 1 is 1.43 bits per heavy atom. The van der Waals surface area contributed by atoms with Gasteiger partial charge < -0.3 is 10.2 Å². The van der Waals surface area contributed by atoms with E-state index in [-0.39, 0.29) is 0 Å². The summed E-state index contributed by atoms with van der Waals surface area (Å²) in [4.78, 5) is 13.0. The van der Waals surface area contributed by atoms with E-state index in [9.17, 15) is 0 Å². The molecule has 0 spiro atoms. The van der Waals surface area contributed by atoms with Crippen LogP contribution in [0.5, 0.6) is 0 Å². The molecule has 1 N–H and O–H groups in total. The van der Waals surface area contributed by atoms with Gasteiger partial charge in [-0.05, 0) is 31.2 Å². The molecule has 1 aliphatic carbocycles. The fraction of sp³-hybridized carbons (Fsp3) is 0.500. The van der Waals surface area contributed by atoms with Crippen LogP contribution in [0.4, 0.5) is 11.6 Å². The predicted octanol–water partition coefficient (Wildman–Crippen LogP) is 3.52. The topological polar surface area (TPSA) is 41.0 Å². The summed E-state index contributed by atoms with van der Waals surface area (Å²) in [5, 5.41) is 5.29. The molecule has 21 heavy (non-hydrogen) atoms. The first-order valence-corrected chi connectivity index (χ1v) is 8.37. The standard InChI is InChI=1S/C16H22N4S/c1-11(9-13-5-4-8-21-13)20(3)15-10-14(17-2)18-16(19-15)12-6-7-12/h4-5,8,10-12H,6-7,9H2,1-3H3,(H,17,18,19). The maximum absolute atomic E-state index is 4.77. The van der Waals surface area contributed by atoms with Gasteiger partial charge in [0.1, 0.15) is 17.5 Å². The van der Waals surface area contributed by atoms with Gasteiger partial charge in [0.2, 0.25) is 0 Å². The lowest BCUT2D eigenvalue weighted by molar-refractivity contribution is 0.676. The summed E-state index contributed by atoms with van der Waals surface area (Å²) in [6.45, 7) is 2.25. The van der Waals surface area contributed by atoms with Gasteiger partial charge in [-0.25, -0.2) is 9.97 Å². The summed E-state index contributed by atoms with van der Waals surface area (Å²) in [5.41, 5.74) is 0. The van der Waals surface area contributed by atoms with Gasteiger partial charge in [-0.15, -0.1) is 11.3 Å². The molecule has 1 saturated carbocycles. The number of hydrogen-bond donors (Lipinski definition) is 1. The van der Waals surface area contributed by atoms with E-state index < -0.39 is 0 Å². The van der Waals surface area contributed by atoms with Crippen molar-refractivity contribution in [3.05, 3.63) is 34.3 Å². The number of thiophene rings is 1. The average molecular weight is 302 g/mol. The summed E-state index contributed by atoms with van der Waals surface area (Å²) >= 11 is 1.82. The van der Waals surface area contributed by atoms with Gasteiger partial charge in [0.25, 0.3) is 0 Å². The molecular formula is C16H22N4S. The van der Waals surface area contributed by atoms with Crippen LogP contribution in [0.25, 0.3) is 0 Å². The largest absolute Gasteiger partial charge is 0.373 e. The maximum Gasteiger partial charge on any atom is 0.136 e. The van der Waals surface area contributed by atoms with E-state index in [0.717, 1.165) is 23.9 Å². The molecule has 0 radical (unpaired) electrons. The molecule has 4 nitrogen and oxygen atoms in total. The van der Waals surface area contributed by atoms with E-state index in [1.165, 1.54) is 17.7 Å². The molecule has 2 aromatic rings. The van der Waals surface area contributed by atoms with Gasteiger partial charge in [-0.1, -0.05) is 6.07 Å². The van der Waals surface area contributed by atoms with Gasteiger partial charge in [0.05, 0.1) is 0 Å². The van der Waals surface area contributed by atoms with Gasteiger partial charge in [-0.2, -0.15) is 0 Å². The summed E-state index contributed by atoms with van der Waals surface area (Å²) in [6, 6.07) is 6.76. The summed E-state index contributed by atoms with van der Waals surface area (Å²) in [5.74, 6) is 3.49. The van der Waals surface area contributed by atoms with Crippen LogP contribution in [0.3, 0.4) is 0 Å². The highest BCUT2D eigenvalue weighted by molar-refractivity contribution is 7.09. The lowest BCUT2D eigenvalue weighted by atomic mass is 10.2. The van der Waals surface area contributed by atoms with E-state index in [4.69, 9.17) is 4.98 Å². The zero-order chi connectivity index (χ0) is 14.8. The zero-order valence-corrected chi connectivity index (χ0v) is 13.7. The van der Waals surface area contributed by atoms with Crippen molar-refractivity contribution in [2.45, 2.75) is 38.1 Å². The molecule has 5 heteroatoms. The third kappa shape index (κ3) is 3.35. The van der Waals surface area contributed by atoms with Crippen LogP contribution >= 0.6 is 11.3 Å². The second-order valence-electron chi connectivity index (χ2n) is 5.74. The quantitative estimate of drug-likeness (QED) is 0.886. The van der Waals surface area contributed by atoms with Crippen LogP contribution in [0.1, 0.15) is 36.4 Å². The molecule has 1 atom stereocenters. The molecule has 3 rings (SSSR count). The van der Waals surface area contributed by atoms with Crippen molar-refractivity contribution in [1.29, 1.82) is 0 Å². The minimum Gasteiger partial charge on any atom is -0.373 e. The van der Waals surface area contributed by atoms with Crippen molar-refractivity contribution >= 4 is 23.0 Å². The normalized spacial score (nSPS) is 15.8. The van der Waals surface area contributed by atoms with Crippen LogP contribution in [0.2, 0.25) is 0 Å². The first kappa shape index (κ1) is 14.3. The summed E-state index contributed by atoms with van der Waals surface area (Å²) in [6.07, 6.45) is 3.49. The smallest absolute Gasteiger partial charge is 0.136 e. The second-order valence-corrected chi connectivity index (χ2v) is 6.77. The number of nitrogens with one attached hydrogen (secondary N) is 1. The number of anilines is 2. The average Bonchev–Trinajstić information content (AvgIpc) is 3.24. The van der Waals surface area contributed by atoms with Gasteiger partial charge in [0, 0.05) is 43.4 Å². The van der Waals surface area contributed by atoms with Crippen molar-refractivity contribution < 1.29 is 0 Å². The molecule has 1 unspecified atom stereocenters. The van der Waals surface area contributed by atoms with Crippen molar-refractivity contribution in [3.63, 3.8) is 0 Å². The fourth-order valence-electron chi connectivity index (χ4n) is 2.37. The van der Waals surface area contributed by atoms with Crippen LogP contribution in [0, 0.1) is 0 Å². The Morgan fingerprint density at radius 2 is 2.24 bits per heavy atom. The second kappa shape index (κ2) is 6.02. The maximum atomic E-state index is 4.77. The van der Waals surface area contributed by atoms with Crippen LogP contribution in [-0.2, 0) is 6.42 Å². The minimum absolute atomic E-state index is 0.412. The van der Waals surface area contributed by atoms with Gasteiger partial charge in [0.15, 0.2) is 0 Å². The minimum atomic E-state index is 0.412. The predicted molar refractivity (Wildman–Crippen MR) is 89.4 cm³/mol. The van der Waals surface area contributed by atoms with E-state index in [2.05, 4.69) is 46.7 Å². The van der Waals surface area contributed by atoms with Crippen molar-refractivity contribution in [1.82, 2.24) is 9.97 Å². The van der Waals surface area contributed by atoms with E-state index in [1.54, 1.807) is 0 Å². The third-order valence-electron chi connectivity index (χ3n) is 4.03. The summed E-state index contributed by atoms with van der Waals surface area (Å²) < 4.78 is 0. The Morgan fingerprint density at radius 3 is 2.86 bits per heavy atom. The Kier molecular flexibility index (Phi) is 4.10. The van der Waals surface area contributed by atoms with Gasteiger partial charge in [-0.3, -0.25) is 0 Å². The zero-order valence-electron chi connectivity index (χ0n) is 12.8. The fourth-order valence-corrected chi connectivity index (χ4v) is 3.19. The number of rotatable bonds is 6. The van der Waals surface area contributed by atoms with Crippen LogP contribution in [-0.4, -0.2) is 30.1 Å². The molecular weight excluding hydrogens is 280 g/mol. The number of aromatic nitrogens is 2. The molecule has 1 fully saturated rings. The highest BCUT2D eigenvalue weighted by Gasteiger charge is 2.28. The van der Waals surface area contributed by atoms with Gasteiger partial charge >= 0.3 is 0 Å². The number of nitrogens with zero attached hydrogens (tertiary/aromatic N) is 3. The lowest BCUT2D eigenvalue weighted by Crippen LogP contribution is -2.31. The van der Waals surface area contributed by atoms with Crippen LogP contribution in [0.15, 0.2) is 23.6 Å². The first-order chi connectivity index (χ1) is 10.2. The highest BCUT2D eigenvalue weighted by atomic mass is 32.1. The van der Waals surface area contributed by atoms with Crippen molar-refractivity contribution in [2.24, 2.45) is 0 Å². The Labute approximate surface area is 130 Å². The number of likely N-dealkylation sites (N-methyl/N-ethyl adjacent to an activating group) is 1. The monoisotopic (exact) mass is 302 g/mol. The molecule has 0 amide bonds. The molecule has 2 aromatic heterocycles. The lowest BCUT2D eigenvalue weighted by Gasteiger charge is -2.26. The number of hydrogen-bond acceptors (Lipinski definition) is 5. The van der Waals surface area contributed by atoms with Crippen molar-refractivity contribution in [2.75, 3.05) is 24.3 Å². The molecule has 0 aliphatic heterocycles. The van der Waals surface area contributed by atoms with E-state index in [0.29, 0.717) is 12.0 Å². The highest BCUT2D eigenvalue weighted by Crippen LogP contribution is 2.39. The Hall–Kier alpha value is -1.62. The molecule has 0 bridgehead atoms. The first-order valence-electron chi connectivity index (χ1n) is 7.49. The molecule has 2 heterocycles. The Balaban J connectivity index is 1.79. The van der Waals surface area contributed by atoms with Crippen molar-refractivity contribution in [3.8, 4) is 0 Å². The van der Waals surface area contributed by atoms with Crippen LogP contribution < -0.4 is 10.2 Å². The third-order valence-corrected chi connectivity index (χ3v) is 4.93. The Bertz CT molecular complexity index is 592. The molecule has 112 valence electrons. The molecule has 0 aromatic carbocycles. The van der Waals surface area contributed by atoms with E-state index >= 15 is 0 Å². The molecule has 1 aliphatic rings. The van der Waals surface area contributed by atoms with E-state index in [1.807, 2.05) is 24.5 Å².